The van der Waals surface area contributed by atoms with Crippen molar-refractivity contribution in [1.82, 2.24) is 9.88 Å². The molecule has 1 aromatic rings. The minimum atomic E-state index is -0.676. The van der Waals surface area contributed by atoms with Gasteiger partial charge in [-0.05, 0) is 19.9 Å². The number of aromatic nitrogens is 1. The fourth-order valence-electron chi connectivity index (χ4n) is 2.46. The van der Waals surface area contributed by atoms with Crippen molar-refractivity contribution in [3.63, 3.8) is 0 Å². The van der Waals surface area contributed by atoms with Gasteiger partial charge in [0.15, 0.2) is 0 Å². The first-order chi connectivity index (χ1) is 8.79. The number of carboxylic acids is 1. The van der Waals surface area contributed by atoms with Crippen LogP contribution in [0.1, 0.15) is 44.8 Å². The zero-order valence-corrected chi connectivity index (χ0v) is 12.8. The van der Waals surface area contributed by atoms with Crippen LogP contribution in [0.5, 0.6) is 0 Å². The van der Waals surface area contributed by atoms with E-state index >= 15 is 0 Å². The van der Waals surface area contributed by atoms with Gasteiger partial charge in [-0.25, -0.2) is 4.98 Å². The number of hydrogen-bond donors (Lipinski definition) is 1. The van der Waals surface area contributed by atoms with E-state index in [1.165, 1.54) is 0 Å². The van der Waals surface area contributed by atoms with Crippen LogP contribution in [-0.4, -0.2) is 33.5 Å². The smallest absolute Gasteiger partial charge is 0.308 e. The maximum atomic E-state index is 11.1. The molecule has 5 heteroatoms. The van der Waals surface area contributed by atoms with Gasteiger partial charge in [-0.2, -0.15) is 0 Å². The minimum absolute atomic E-state index is 0.0783. The molecule has 1 N–H and O–H groups in total. The predicted molar refractivity (Wildman–Crippen MR) is 76.4 cm³/mol. The molecule has 0 amide bonds. The summed E-state index contributed by atoms with van der Waals surface area (Å²) >= 11 is 1.67. The molecule has 106 valence electrons. The molecule has 0 saturated carbocycles. The van der Waals surface area contributed by atoms with Gasteiger partial charge in [0.2, 0.25) is 0 Å². The Bertz CT molecular complexity index is 464. The molecule has 1 aliphatic rings. The lowest BCUT2D eigenvalue weighted by atomic mass is 9.93. The molecule has 0 spiro atoms. The van der Waals surface area contributed by atoms with Crippen molar-refractivity contribution >= 4 is 17.3 Å². The summed E-state index contributed by atoms with van der Waals surface area (Å²) in [4.78, 5) is 18.0. The maximum Gasteiger partial charge on any atom is 0.308 e. The molecule has 1 aliphatic heterocycles. The van der Waals surface area contributed by atoms with E-state index < -0.39 is 5.97 Å². The Morgan fingerprint density at radius 1 is 1.58 bits per heavy atom. The van der Waals surface area contributed by atoms with E-state index in [1.54, 1.807) is 11.3 Å². The van der Waals surface area contributed by atoms with Crippen LogP contribution >= 0.6 is 11.3 Å². The highest BCUT2D eigenvalue weighted by Crippen LogP contribution is 2.28. The van der Waals surface area contributed by atoms with Gasteiger partial charge >= 0.3 is 5.97 Å². The van der Waals surface area contributed by atoms with Crippen LogP contribution in [0.25, 0.3) is 0 Å². The zero-order chi connectivity index (χ0) is 14.2. The van der Waals surface area contributed by atoms with Crippen LogP contribution in [0.3, 0.4) is 0 Å². The summed E-state index contributed by atoms with van der Waals surface area (Å²) < 4.78 is 0. The van der Waals surface area contributed by atoms with Crippen molar-refractivity contribution in [2.45, 2.75) is 52.1 Å². The molecule has 2 unspecified atom stereocenters. The summed E-state index contributed by atoms with van der Waals surface area (Å²) in [6.07, 6.45) is 0.744. The zero-order valence-electron chi connectivity index (χ0n) is 12.0. The second kappa shape index (κ2) is 5.21. The van der Waals surface area contributed by atoms with Crippen molar-refractivity contribution in [3.05, 3.63) is 16.1 Å². The Hall–Kier alpha value is -0.940. The topological polar surface area (TPSA) is 53.4 Å². The number of aliphatic carboxylic acids is 1. The van der Waals surface area contributed by atoms with Crippen LogP contribution in [0.4, 0.5) is 0 Å². The number of carbonyl (C=O) groups is 1. The lowest BCUT2D eigenvalue weighted by Crippen LogP contribution is -2.32. The molecule has 1 fully saturated rings. The largest absolute Gasteiger partial charge is 0.481 e. The summed E-state index contributed by atoms with van der Waals surface area (Å²) in [5.74, 6) is -0.911. The highest BCUT2D eigenvalue weighted by Gasteiger charge is 2.35. The number of hydrogen-bond acceptors (Lipinski definition) is 4. The average Bonchev–Trinajstić information content (AvgIpc) is 2.87. The number of likely N-dealkylation sites (tertiary alicyclic amines) is 1. The number of carboxylic acid groups (broad SMARTS) is 1. The van der Waals surface area contributed by atoms with Crippen LogP contribution in [0.2, 0.25) is 0 Å². The third-order valence-corrected chi connectivity index (χ3v) is 4.69. The number of rotatable bonds is 3. The highest BCUT2D eigenvalue weighted by atomic mass is 32.1. The molecular formula is C14H22N2O2S. The first kappa shape index (κ1) is 14.5. The average molecular weight is 282 g/mol. The van der Waals surface area contributed by atoms with Crippen LogP contribution in [-0.2, 0) is 16.8 Å². The van der Waals surface area contributed by atoms with Crippen molar-refractivity contribution in [2.75, 3.05) is 6.54 Å². The summed E-state index contributed by atoms with van der Waals surface area (Å²) in [6.45, 7) is 10.1. The van der Waals surface area contributed by atoms with Gasteiger partial charge in [-0.3, -0.25) is 9.69 Å². The first-order valence-corrected chi connectivity index (χ1v) is 7.58. The third kappa shape index (κ3) is 3.15. The Morgan fingerprint density at radius 3 is 2.74 bits per heavy atom. The van der Waals surface area contributed by atoms with Crippen molar-refractivity contribution < 1.29 is 9.90 Å². The monoisotopic (exact) mass is 282 g/mol. The van der Waals surface area contributed by atoms with Crippen LogP contribution in [0.15, 0.2) is 5.38 Å². The fourth-order valence-corrected chi connectivity index (χ4v) is 3.50. The molecule has 2 heterocycles. The van der Waals surface area contributed by atoms with E-state index in [0.29, 0.717) is 0 Å². The molecule has 0 bridgehead atoms. The van der Waals surface area contributed by atoms with Gasteiger partial charge in [0.25, 0.3) is 0 Å². The van der Waals surface area contributed by atoms with E-state index in [1.807, 2.05) is 6.92 Å². The number of nitrogens with zero attached hydrogens (tertiary/aromatic N) is 2. The second-order valence-electron chi connectivity index (χ2n) is 6.32. The van der Waals surface area contributed by atoms with Crippen molar-refractivity contribution in [2.24, 2.45) is 5.92 Å². The van der Waals surface area contributed by atoms with Gasteiger partial charge < -0.3 is 5.11 Å². The molecule has 0 aromatic carbocycles. The molecule has 2 rings (SSSR count). The first-order valence-electron chi connectivity index (χ1n) is 6.71. The van der Waals surface area contributed by atoms with E-state index in [0.717, 1.165) is 30.2 Å². The summed E-state index contributed by atoms with van der Waals surface area (Å²) in [6, 6.07) is 0.0967. The molecule has 2 atom stereocenters. The van der Waals surface area contributed by atoms with Gasteiger partial charge in [0.1, 0.15) is 5.01 Å². The van der Waals surface area contributed by atoms with E-state index in [9.17, 15) is 4.79 Å². The normalized spacial score (nSPS) is 24.8. The van der Waals surface area contributed by atoms with Crippen molar-refractivity contribution in [3.8, 4) is 0 Å². The summed E-state index contributed by atoms with van der Waals surface area (Å²) in [7, 11) is 0. The molecule has 1 saturated heterocycles. The molecule has 4 nitrogen and oxygen atoms in total. The van der Waals surface area contributed by atoms with Crippen molar-refractivity contribution in [1.29, 1.82) is 0 Å². The lowest BCUT2D eigenvalue weighted by Gasteiger charge is -2.21. The van der Waals surface area contributed by atoms with E-state index in [4.69, 9.17) is 5.11 Å². The minimum Gasteiger partial charge on any atom is -0.481 e. The molecular weight excluding hydrogens is 260 g/mol. The highest BCUT2D eigenvalue weighted by molar-refractivity contribution is 7.09. The van der Waals surface area contributed by atoms with Gasteiger partial charge in [0, 0.05) is 16.8 Å². The van der Waals surface area contributed by atoms with Crippen LogP contribution < -0.4 is 0 Å². The van der Waals surface area contributed by atoms with Gasteiger partial charge in [0.05, 0.1) is 18.2 Å². The standard InChI is InChI=1S/C14H22N2O2S/c1-9-10(13(17)18)5-6-16(9)7-12-15-11(8-19-12)14(2,3)4/h8-10H,5-7H2,1-4H3,(H,17,18). The van der Waals surface area contributed by atoms with E-state index in [2.05, 4.69) is 36.0 Å². The molecule has 0 aliphatic carbocycles. The Morgan fingerprint density at radius 2 is 2.26 bits per heavy atom. The second-order valence-corrected chi connectivity index (χ2v) is 7.26. The molecule has 0 radical (unpaired) electrons. The predicted octanol–water partition coefficient (Wildman–Crippen LogP) is 2.74. The summed E-state index contributed by atoms with van der Waals surface area (Å²) in [5.41, 5.74) is 1.20. The third-order valence-electron chi connectivity index (χ3n) is 3.86. The quantitative estimate of drug-likeness (QED) is 0.926. The lowest BCUT2D eigenvalue weighted by molar-refractivity contribution is -0.142. The Kier molecular flexibility index (Phi) is 3.97. The molecule has 19 heavy (non-hydrogen) atoms. The SMILES string of the molecule is CC1C(C(=O)O)CCN1Cc1nc(C(C)(C)C)cs1. The maximum absolute atomic E-state index is 11.1. The van der Waals surface area contributed by atoms with Gasteiger partial charge in [-0.1, -0.05) is 20.8 Å². The Balaban J connectivity index is 2.03. The molecule has 1 aromatic heterocycles. The fraction of sp³-hybridized carbons (Fsp3) is 0.714. The van der Waals surface area contributed by atoms with Crippen LogP contribution in [0, 0.1) is 5.92 Å². The number of thiazole rings is 1. The Labute approximate surface area is 118 Å². The van der Waals surface area contributed by atoms with E-state index in [-0.39, 0.29) is 17.4 Å². The summed E-state index contributed by atoms with van der Waals surface area (Å²) in [5, 5.41) is 12.3. The van der Waals surface area contributed by atoms with Gasteiger partial charge in [-0.15, -0.1) is 11.3 Å².